The SMILES string of the molecule is CCNC(=NCCN(C(C)C)C(C)C)NCCc1nccn1Cc1ccccc1. The van der Waals surface area contributed by atoms with E-state index in [0.717, 1.165) is 50.9 Å². The summed E-state index contributed by atoms with van der Waals surface area (Å²) in [5.41, 5.74) is 1.29. The zero-order valence-corrected chi connectivity index (χ0v) is 18.7. The summed E-state index contributed by atoms with van der Waals surface area (Å²) in [6.07, 6.45) is 4.78. The number of hydrogen-bond donors (Lipinski definition) is 2. The summed E-state index contributed by atoms with van der Waals surface area (Å²) < 4.78 is 2.21. The number of guanidine groups is 1. The van der Waals surface area contributed by atoms with E-state index in [-0.39, 0.29) is 0 Å². The first-order valence-corrected chi connectivity index (χ1v) is 10.8. The Kier molecular flexibility index (Phi) is 9.71. The predicted molar refractivity (Wildman–Crippen MR) is 122 cm³/mol. The van der Waals surface area contributed by atoms with E-state index in [1.165, 1.54) is 5.56 Å². The third-order valence-corrected chi connectivity index (χ3v) is 4.94. The predicted octanol–water partition coefficient (Wildman–Crippen LogP) is 3.15. The summed E-state index contributed by atoms with van der Waals surface area (Å²) >= 11 is 0. The van der Waals surface area contributed by atoms with Crippen molar-refractivity contribution in [3.8, 4) is 0 Å². The van der Waals surface area contributed by atoms with Crippen LogP contribution in [0.25, 0.3) is 0 Å². The van der Waals surface area contributed by atoms with Crippen LogP contribution in [0.15, 0.2) is 47.7 Å². The Morgan fingerprint density at radius 3 is 2.48 bits per heavy atom. The van der Waals surface area contributed by atoms with E-state index in [4.69, 9.17) is 4.99 Å². The van der Waals surface area contributed by atoms with Gasteiger partial charge in [-0.2, -0.15) is 0 Å². The van der Waals surface area contributed by atoms with Crippen LogP contribution in [-0.2, 0) is 13.0 Å². The minimum atomic E-state index is 0.532. The lowest BCUT2D eigenvalue weighted by Gasteiger charge is -2.29. The van der Waals surface area contributed by atoms with Gasteiger partial charge in [-0.1, -0.05) is 30.3 Å². The molecular weight excluding hydrogens is 360 g/mol. The third-order valence-electron chi connectivity index (χ3n) is 4.94. The Morgan fingerprint density at radius 1 is 1.10 bits per heavy atom. The smallest absolute Gasteiger partial charge is 0.191 e. The Morgan fingerprint density at radius 2 is 1.83 bits per heavy atom. The summed E-state index contributed by atoms with van der Waals surface area (Å²) in [6, 6.07) is 11.6. The minimum absolute atomic E-state index is 0.532. The van der Waals surface area contributed by atoms with Gasteiger partial charge in [0.1, 0.15) is 5.82 Å². The molecule has 0 unspecified atom stereocenters. The summed E-state index contributed by atoms with van der Waals surface area (Å²) in [5, 5.41) is 6.79. The van der Waals surface area contributed by atoms with Gasteiger partial charge in [0.15, 0.2) is 5.96 Å². The summed E-state index contributed by atoms with van der Waals surface area (Å²) in [6.45, 7) is 15.3. The highest BCUT2D eigenvalue weighted by Gasteiger charge is 2.12. The molecule has 0 aliphatic carbocycles. The monoisotopic (exact) mass is 398 g/mol. The van der Waals surface area contributed by atoms with Gasteiger partial charge in [-0.05, 0) is 40.2 Å². The van der Waals surface area contributed by atoms with Crippen LogP contribution < -0.4 is 10.6 Å². The third kappa shape index (κ3) is 7.89. The van der Waals surface area contributed by atoms with E-state index in [9.17, 15) is 0 Å². The normalized spacial score (nSPS) is 12.2. The molecule has 1 heterocycles. The molecule has 0 aliphatic rings. The summed E-state index contributed by atoms with van der Waals surface area (Å²) in [5.74, 6) is 1.96. The quantitative estimate of drug-likeness (QED) is 0.451. The van der Waals surface area contributed by atoms with Crippen molar-refractivity contribution < 1.29 is 0 Å². The van der Waals surface area contributed by atoms with Crippen molar-refractivity contribution in [2.45, 2.75) is 59.7 Å². The first-order chi connectivity index (χ1) is 14.0. The molecule has 6 heteroatoms. The van der Waals surface area contributed by atoms with Gasteiger partial charge in [-0.15, -0.1) is 0 Å². The molecule has 0 aliphatic heterocycles. The van der Waals surface area contributed by atoms with Crippen molar-refractivity contribution in [2.24, 2.45) is 4.99 Å². The first-order valence-electron chi connectivity index (χ1n) is 10.8. The molecule has 0 amide bonds. The molecule has 0 atom stereocenters. The fraction of sp³-hybridized carbons (Fsp3) is 0.565. The van der Waals surface area contributed by atoms with Crippen LogP contribution >= 0.6 is 0 Å². The Balaban J connectivity index is 1.86. The Bertz CT molecular complexity index is 712. The topological polar surface area (TPSA) is 57.5 Å². The second-order valence-electron chi connectivity index (χ2n) is 7.82. The van der Waals surface area contributed by atoms with E-state index in [1.807, 2.05) is 18.5 Å². The maximum Gasteiger partial charge on any atom is 0.191 e. The molecule has 0 radical (unpaired) electrons. The van der Waals surface area contributed by atoms with Gasteiger partial charge in [-0.25, -0.2) is 4.98 Å². The van der Waals surface area contributed by atoms with Crippen molar-refractivity contribution in [1.82, 2.24) is 25.1 Å². The van der Waals surface area contributed by atoms with Gasteiger partial charge in [0.05, 0.1) is 6.54 Å². The van der Waals surface area contributed by atoms with Crippen LogP contribution in [0, 0.1) is 0 Å². The molecule has 0 fully saturated rings. The summed E-state index contributed by atoms with van der Waals surface area (Å²) in [4.78, 5) is 11.8. The number of hydrogen-bond acceptors (Lipinski definition) is 3. The van der Waals surface area contributed by atoms with Crippen molar-refractivity contribution in [3.63, 3.8) is 0 Å². The highest BCUT2D eigenvalue weighted by Crippen LogP contribution is 2.06. The van der Waals surface area contributed by atoms with Crippen LogP contribution in [0.5, 0.6) is 0 Å². The van der Waals surface area contributed by atoms with Gasteiger partial charge in [0, 0.05) is 57.1 Å². The number of aromatic nitrogens is 2. The van der Waals surface area contributed by atoms with Crippen LogP contribution in [-0.4, -0.2) is 58.7 Å². The average molecular weight is 399 g/mol. The lowest BCUT2D eigenvalue weighted by molar-refractivity contribution is 0.181. The first kappa shape index (κ1) is 22.9. The lowest BCUT2D eigenvalue weighted by atomic mass is 10.2. The largest absolute Gasteiger partial charge is 0.357 e. The number of aliphatic imine (C=N–C) groups is 1. The van der Waals surface area contributed by atoms with Gasteiger partial charge in [0.2, 0.25) is 0 Å². The second-order valence-corrected chi connectivity index (χ2v) is 7.82. The molecule has 2 N–H and O–H groups in total. The number of nitrogens with one attached hydrogen (secondary N) is 2. The fourth-order valence-corrected chi connectivity index (χ4v) is 3.52. The van der Waals surface area contributed by atoms with E-state index < -0.39 is 0 Å². The maximum atomic E-state index is 4.75. The molecule has 0 spiro atoms. The molecule has 1 aromatic heterocycles. The molecule has 2 rings (SSSR count). The van der Waals surface area contributed by atoms with E-state index in [0.29, 0.717) is 12.1 Å². The van der Waals surface area contributed by atoms with Gasteiger partial charge >= 0.3 is 0 Å². The number of rotatable bonds is 11. The van der Waals surface area contributed by atoms with E-state index in [1.54, 1.807) is 0 Å². The fourth-order valence-electron chi connectivity index (χ4n) is 3.52. The van der Waals surface area contributed by atoms with Gasteiger partial charge < -0.3 is 15.2 Å². The Labute approximate surface area is 176 Å². The average Bonchev–Trinajstić information content (AvgIpc) is 3.12. The van der Waals surface area contributed by atoms with Crippen LogP contribution in [0.1, 0.15) is 46.0 Å². The standard InChI is InChI=1S/C23H38N6/c1-6-24-23(27-15-17-29(19(2)3)20(4)5)26-13-12-22-25-14-16-28(22)18-21-10-8-7-9-11-21/h7-11,14,16,19-20H,6,12-13,15,17-18H2,1-5H3,(H2,24,26,27). The molecule has 160 valence electrons. The van der Waals surface area contributed by atoms with Crippen LogP contribution in [0.3, 0.4) is 0 Å². The van der Waals surface area contributed by atoms with Crippen molar-refractivity contribution in [3.05, 3.63) is 54.1 Å². The number of benzene rings is 1. The molecule has 0 saturated heterocycles. The maximum absolute atomic E-state index is 4.75. The molecule has 2 aromatic rings. The van der Waals surface area contributed by atoms with Crippen molar-refractivity contribution in [1.29, 1.82) is 0 Å². The zero-order valence-electron chi connectivity index (χ0n) is 18.7. The van der Waals surface area contributed by atoms with Gasteiger partial charge in [-0.3, -0.25) is 9.89 Å². The zero-order chi connectivity index (χ0) is 21.1. The minimum Gasteiger partial charge on any atom is -0.357 e. The summed E-state index contributed by atoms with van der Waals surface area (Å²) in [7, 11) is 0. The molecular formula is C23H38N6. The highest BCUT2D eigenvalue weighted by molar-refractivity contribution is 5.79. The van der Waals surface area contributed by atoms with Gasteiger partial charge in [0.25, 0.3) is 0 Å². The second kappa shape index (κ2) is 12.3. The Hall–Kier alpha value is -2.34. The van der Waals surface area contributed by atoms with E-state index >= 15 is 0 Å². The van der Waals surface area contributed by atoms with Crippen molar-refractivity contribution in [2.75, 3.05) is 26.2 Å². The molecule has 1 aromatic carbocycles. The van der Waals surface area contributed by atoms with Crippen molar-refractivity contribution >= 4 is 5.96 Å². The molecule has 0 bridgehead atoms. The highest BCUT2D eigenvalue weighted by atomic mass is 15.2. The lowest BCUT2D eigenvalue weighted by Crippen LogP contribution is -2.41. The van der Waals surface area contributed by atoms with E-state index in [2.05, 4.69) is 84.0 Å². The molecule has 29 heavy (non-hydrogen) atoms. The number of nitrogens with zero attached hydrogens (tertiary/aromatic N) is 4. The van der Waals surface area contributed by atoms with Crippen LogP contribution in [0.4, 0.5) is 0 Å². The molecule has 6 nitrogen and oxygen atoms in total. The molecule has 0 saturated carbocycles. The van der Waals surface area contributed by atoms with Crippen LogP contribution in [0.2, 0.25) is 0 Å². The number of imidazole rings is 1.